The number of halogens is 2. The van der Waals surface area contributed by atoms with Crippen LogP contribution in [0.2, 0.25) is 10.0 Å². The topological polar surface area (TPSA) is 77.2 Å². The molecule has 0 radical (unpaired) electrons. The third-order valence-electron chi connectivity index (χ3n) is 3.83. The van der Waals surface area contributed by atoms with E-state index in [4.69, 9.17) is 32.4 Å². The van der Waals surface area contributed by atoms with Gasteiger partial charge in [0.15, 0.2) is 6.61 Å². The van der Waals surface area contributed by atoms with Gasteiger partial charge in [-0.2, -0.15) is 0 Å². The largest absolute Gasteiger partial charge is 0.484 e. The van der Waals surface area contributed by atoms with Crippen LogP contribution in [0, 0.1) is 0 Å². The molecule has 0 saturated heterocycles. The van der Waals surface area contributed by atoms with E-state index in [-0.39, 0.29) is 23.5 Å². The van der Waals surface area contributed by atoms with Crippen LogP contribution < -0.4 is 10.1 Å². The number of amides is 1. The smallest absolute Gasteiger partial charge is 0.277 e. The van der Waals surface area contributed by atoms with Gasteiger partial charge in [0.2, 0.25) is 5.91 Å². The van der Waals surface area contributed by atoms with E-state index in [1.807, 2.05) is 24.3 Å². The van der Waals surface area contributed by atoms with E-state index in [2.05, 4.69) is 29.4 Å². The summed E-state index contributed by atoms with van der Waals surface area (Å²) >= 11 is 13.0. The van der Waals surface area contributed by atoms with Crippen LogP contribution in [-0.4, -0.2) is 21.9 Å². The highest BCUT2D eigenvalue weighted by molar-refractivity contribution is 7.99. The Labute approximate surface area is 182 Å². The second-order valence-corrected chi connectivity index (χ2v) is 8.27. The highest BCUT2D eigenvalue weighted by Gasteiger charge is 2.11. The standard InChI is InChI=1S/C20H19Cl2N3O3S/c1-12(2)13-3-5-17(6-4-13)27-10-19-24-25-20(28-19)29-11-18(26)23-16-8-14(21)7-15(22)9-16/h3-9,12H,10-11H2,1-2H3,(H,23,26). The monoisotopic (exact) mass is 451 g/mol. The van der Waals surface area contributed by atoms with Crippen molar-refractivity contribution >= 4 is 46.6 Å². The molecule has 3 aromatic rings. The van der Waals surface area contributed by atoms with Crippen LogP contribution in [0.5, 0.6) is 5.75 Å². The van der Waals surface area contributed by atoms with Crippen LogP contribution in [0.15, 0.2) is 52.1 Å². The zero-order valence-electron chi connectivity index (χ0n) is 15.8. The number of thioether (sulfide) groups is 1. The predicted molar refractivity (Wildman–Crippen MR) is 115 cm³/mol. The van der Waals surface area contributed by atoms with Crippen LogP contribution in [0.1, 0.15) is 31.2 Å². The first-order chi connectivity index (χ1) is 13.9. The molecule has 1 amide bonds. The van der Waals surface area contributed by atoms with E-state index in [9.17, 15) is 4.79 Å². The van der Waals surface area contributed by atoms with E-state index in [0.717, 1.165) is 17.5 Å². The highest BCUT2D eigenvalue weighted by atomic mass is 35.5. The summed E-state index contributed by atoms with van der Waals surface area (Å²) in [5.41, 5.74) is 1.77. The maximum absolute atomic E-state index is 12.1. The maximum Gasteiger partial charge on any atom is 0.277 e. The SMILES string of the molecule is CC(C)c1ccc(OCc2nnc(SCC(=O)Nc3cc(Cl)cc(Cl)c3)o2)cc1. The van der Waals surface area contributed by atoms with Crippen molar-refractivity contribution in [2.24, 2.45) is 0 Å². The van der Waals surface area contributed by atoms with Crippen molar-refractivity contribution in [1.82, 2.24) is 10.2 Å². The first-order valence-corrected chi connectivity index (χ1v) is 10.6. The molecule has 0 saturated carbocycles. The Hall–Kier alpha value is -2.22. The molecular weight excluding hydrogens is 433 g/mol. The summed E-state index contributed by atoms with van der Waals surface area (Å²) in [5.74, 6) is 1.38. The van der Waals surface area contributed by atoms with Gasteiger partial charge >= 0.3 is 0 Å². The number of hydrogen-bond donors (Lipinski definition) is 1. The lowest BCUT2D eigenvalue weighted by Gasteiger charge is -2.07. The fourth-order valence-corrected chi connectivity index (χ4v) is 3.51. The van der Waals surface area contributed by atoms with Crippen LogP contribution in [0.3, 0.4) is 0 Å². The van der Waals surface area contributed by atoms with E-state index >= 15 is 0 Å². The number of anilines is 1. The predicted octanol–water partition coefficient (Wildman–Crippen LogP) is 5.81. The van der Waals surface area contributed by atoms with Crippen molar-refractivity contribution in [2.45, 2.75) is 31.6 Å². The van der Waals surface area contributed by atoms with Crippen molar-refractivity contribution < 1.29 is 13.9 Å². The van der Waals surface area contributed by atoms with Gasteiger partial charge in [-0.15, -0.1) is 10.2 Å². The molecule has 29 heavy (non-hydrogen) atoms. The number of hydrogen-bond acceptors (Lipinski definition) is 6. The Morgan fingerprint density at radius 1 is 1.14 bits per heavy atom. The normalized spacial score (nSPS) is 10.9. The molecule has 0 aliphatic carbocycles. The quantitative estimate of drug-likeness (QED) is 0.435. The van der Waals surface area contributed by atoms with Crippen molar-refractivity contribution in [3.63, 3.8) is 0 Å². The molecule has 152 valence electrons. The number of carbonyl (C=O) groups is 1. The molecule has 0 aliphatic heterocycles. The van der Waals surface area contributed by atoms with Gasteiger partial charge in [0.05, 0.1) is 5.75 Å². The molecule has 1 N–H and O–H groups in total. The summed E-state index contributed by atoms with van der Waals surface area (Å²) in [6.45, 7) is 4.43. The van der Waals surface area contributed by atoms with Crippen molar-refractivity contribution in [3.05, 3.63) is 64.0 Å². The molecule has 0 unspecified atom stereocenters. The molecular formula is C20H19Cl2N3O3S. The fraction of sp³-hybridized carbons (Fsp3) is 0.250. The molecule has 1 heterocycles. The summed E-state index contributed by atoms with van der Waals surface area (Å²) in [5, 5.41) is 11.7. The highest BCUT2D eigenvalue weighted by Crippen LogP contribution is 2.24. The zero-order chi connectivity index (χ0) is 20.8. The summed E-state index contributed by atoms with van der Waals surface area (Å²) in [6.07, 6.45) is 0. The first kappa shape index (κ1) is 21.5. The van der Waals surface area contributed by atoms with Crippen LogP contribution in [-0.2, 0) is 11.4 Å². The van der Waals surface area contributed by atoms with Crippen LogP contribution >= 0.6 is 35.0 Å². The minimum absolute atomic E-state index is 0.100. The molecule has 3 rings (SSSR count). The molecule has 0 aliphatic rings. The molecule has 1 aromatic heterocycles. The maximum atomic E-state index is 12.1. The summed E-state index contributed by atoms with van der Waals surface area (Å²) in [7, 11) is 0. The number of aromatic nitrogens is 2. The van der Waals surface area contributed by atoms with Crippen molar-refractivity contribution in [1.29, 1.82) is 0 Å². The number of rotatable bonds is 8. The Bertz CT molecular complexity index is 957. The Morgan fingerprint density at radius 3 is 2.48 bits per heavy atom. The fourth-order valence-electron chi connectivity index (χ4n) is 2.40. The van der Waals surface area contributed by atoms with E-state index < -0.39 is 0 Å². The van der Waals surface area contributed by atoms with Gasteiger partial charge < -0.3 is 14.5 Å². The lowest BCUT2D eigenvalue weighted by atomic mass is 10.0. The van der Waals surface area contributed by atoms with Crippen molar-refractivity contribution in [3.8, 4) is 5.75 Å². The summed E-state index contributed by atoms with van der Waals surface area (Å²) in [4.78, 5) is 12.1. The van der Waals surface area contributed by atoms with Crippen LogP contribution in [0.4, 0.5) is 5.69 Å². The third kappa shape index (κ3) is 6.66. The average Bonchev–Trinajstić information content (AvgIpc) is 3.12. The van der Waals surface area contributed by atoms with Gasteiger partial charge in [-0.25, -0.2) is 0 Å². The lowest BCUT2D eigenvalue weighted by Crippen LogP contribution is -2.13. The number of nitrogens with zero attached hydrogens (tertiary/aromatic N) is 2. The van der Waals surface area contributed by atoms with Crippen LogP contribution in [0.25, 0.3) is 0 Å². The lowest BCUT2D eigenvalue weighted by molar-refractivity contribution is -0.113. The molecule has 0 fully saturated rings. The average molecular weight is 452 g/mol. The van der Waals surface area contributed by atoms with Gasteiger partial charge in [-0.05, 0) is 41.8 Å². The van der Waals surface area contributed by atoms with E-state index in [1.54, 1.807) is 18.2 Å². The van der Waals surface area contributed by atoms with Gasteiger partial charge in [0.1, 0.15) is 5.75 Å². The molecule has 6 nitrogen and oxygen atoms in total. The van der Waals surface area contributed by atoms with E-state index in [0.29, 0.717) is 27.5 Å². The van der Waals surface area contributed by atoms with Gasteiger partial charge in [0, 0.05) is 15.7 Å². The summed E-state index contributed by atoms with van der Waals surface area (Å²) < 4.78 is 11.2. The Morgan fingerprint density at radius 2 is 1.83 bits per heavy atom. The van der Waals surface area contributed by atoms with Crippen molar-refractivity contribution in [2.75, 3.05) is 11.1 Å². The molecule has 9 heteroatoms. The van der Waals surface area contributed by atoms with Gasteiger partial charge in [-0.1, -0.05) is 60.9 Å². The van der Waals surface area contributed by atoms with Gasteiger partial charge in [0.25, 0.3) is 11.1 Å². The second kappa shape index (κ2) is 10.0. The Balaban J connectivity index is 1.46. The summed E-state index contributed by atoms with van der Waals surface area (Å²) in [6, 6.07) is 12.7. The van der Waals surface area contributed by atoms with Gasteiger partial charge in [-0.3, -0.25) is 4.79 Å². The first-order valence-electron chi connectivity index (χ1n) is 8.83. The Kier molecular flexibility index (Phi) is 7.41. The van der Waals surface area contributed by atoms with E-state index in [1.165, 1.54) is 5.56 Å². The minimum Gasteiger partial charge on any atom is -0.484 e. The molecule has 0 spiro atoms. The second-order valence-electron chi connectivity index (χ2n) is 6.47. The number of ether oxygens (including phenoxy) is 1. The minimum atomic E-state index is -0.241. The number of benzene rings is 2. The molecule has 2 aromatic carbocycles. The number of nitrogens with one attached hydrogen (secondary N) is 1. The molecule has 0 bridgehead atoms. The zero-order valence-corrected chi connectivity index (χ0v) is 18.1. The molecule has 0 atom stereocenters. The third-order valence-corrected chi connectivity index (χ3v) is 5.09. The number of carbonyl (C=O) groups excluding carboxylic acids is 1.